The third-order valence-corrected chi connectivity index (χ3v) is 5.87. The summed E-state index contributed by atoms with van der Waals surface area (Å²) in [6.07, 6.45) is 8.55. The molecule has 5 N–H and O–H groups in total. The fraction of sp³-hybridized carbons (Fsp3) is 0.400. The van der Waals surface area contributed by atoms with E-state index in [1.165, 1.54) is 0 Å². The van der Waals surface area contributed by atoms with E-state index in [9.17, 15) is 0 Å². The number of amidine groups is 1. The van der Waals surface area contributed by atoms with Gasteiger partial charge in [-0.2, -0.15) is 0 Å². The lowest BCUT2D eigenvalue weighted by Gasteiger charge is -2.24. The Labute approximate surface area is 199 Å². The Balaban J connectivity index is 1.44. The number of aromatic nitrogens is 1. The average Bonchev–Trinajstić information content (AvgIpc) is 3.70. The predicted molar refractivity (Wildman–Crippen MR) is 131 cm³/mol. The zero-order valence-electron chi connectivity index (χ0n) is 19.1. The van der Waals surface area contributed by atoms with Gasteiger partial charge in [-0.1, -0.05) is 12.1 Å². The highest BCUT2D eigenvalue weighted by atomic mass is 16.5. The van der Waals surface area contributed by atoms with Gasteiger partial charge >= 0.3 is 0 Å². The molecule has 0 spiro atoms. The van der Waals surface area contributed by atoms with Crippen molar-refractivity contribution in [3.63, 3.8) is 0 Å². The maximum absolute atomic E-state index is 8.74. The second-order valence-electron chi connectivity index (χ2n) is 8.61. The second-order valence-corrected chi connectivity index (χ2v) is 8.61. The van der Waals surface area contributed by atoms with Crippen LogP contribution in [0.3, 0.4) is 0 Å². The number of allylic oxidation sites excluding steroid dienone is 1. The SMILES string of the molecule is N=NC(=N)CCc1cccc(Nc2cc(O/C(=C/NC3CC3)C(=N)C3CCOCC3)ccn2)c1. The number of ether oxygens (including phenoxy) is 2. The zero-order valence-corrected chi connectivity index (χ0v) is 19.1. The van der Waals surface area contributed by atoms with Gasteiger partial charge in [-0.25, -0.2) is 10.5 Å². The summed E-state index contributed by atoms with van der Waals surface area (Å²) in [5.74, 6) is 1.99. The Kier molecular flexibility index (Phi) is 7.98. The molecule has 1 saturated heterocycles. The maximum atomic E-state index is 8.74. The van der Waals surface area contributed by atoms with Crippen LogP contribution in [-0.4, -0.2) is 35.8 Å². The normalized spacial score (nSPS) is 16.5. The van der Waals surface area contributed by atoms with Crippen molar-refractivity contribution in [2.45, 2.75) is 44.6 Å². The summed E-state index contributed by atoms with van der Waals surface area (Å²) >= 11 is 0. The minimum atomic E-state index is 0.0660. The third-order valence-electron chi connectivity index (χ3n) is 5.87. The van der Waals surface area contributed by atoms with Gasteiger partial charge in [0, 0.05) is 55.7 Å². The Morgan fingerprint density at radius 3 is 2.74 bits per heavy atom. The molecule has 2 aliphatic rings. The standard InChI is InChI=1S/C25H31N7O2/c26-23(32-28)7-4-17-2-1-3-20(14-17)31-24-15-21(8-11-29-24)34-22(16-30-19-5-6-19)25(27)18-9-12-33-13-10-18/h1-3,8,11,14-16,18-19,26-28,30H,4-7,9-10,12-13H2,(H,29,31)/b22-16+,26-23?,27-25?,32-28?. The van der Waals surface area contributed by atoms with Crippen LogP contribution in [0.4, 0.5) is 11.5 Å². The van der Waals surface area contributed by atoms with Crippen LogP contribution in [0.15, 0.2) is 59.7 Å². The molecule has 0 amide bonds. The number of nitrogens with one attached hydrogen (secondary N) is 5. The summed E-state index contributed by atoms with van der Waals surface area (Å²) < 4.78 is 11.6. The minimum absolute atomic E-state index is 0.0660. The van der Waals surface area contributed by atoms with Gasteiger partial charge in [-0.15, -0.1) is 5.11 Å². The molecule has 9 nitrogen and oxygen atoms in total. The average molecular weight is 462 g/mol. The Morgan fingerprint density at radius 2 is 1.97 bits per heavy atom. The van der Waals surface area contributed by atoms with Crippen molar-refractivity contribution in [3.05, 3.63) is 60.1 Å². The van der Waals surface area contributed by atoms with Gasteiger partial charge in [-0.05, 0) is 55.9 Å². The fourth-order valence-corrected chi connectivity index (χ4v) is 3.73. The van der Waals surface area contributed by atoms with E-state index in [-0.39, 0.29) is 11.8 Å². The molecular weight excluding hydrogens is 430 g/mol. The summed E-state index contributed by atoms with van der Waals surface area (Å²) in [7, 11) is 0. The maximum Gasteiger partial charge on any atom is 0.164 e. The number of nitrogens with zero attached hydrogens (tertiary/aromatic N) is 2. The fourth-order valence-electron chi connectivity index (χ4n) is 3.73. The summed E-state index contributed by atoms with van der Waals surface area (Å²) in [5, 5.41) is 26.1. The Bertz CT molecular complexity index is 1060. The lowest BCUT2D eigenvalue weighted by Crippen LogP contribution is -2.27. The van der Waals surface area contributed by atoms with Crippen LogP contribution in [0, 0.1) is 22.3 Å². The largest absolute Gasteiger partial charge is 0.454 e. The van der Waals surface area contributed by atoms with Crippen molar-refractivity contribution in [1.82, 2.24) is 10.3 Å². The van der Waals surface area contributed by atoms with Gasteiger partial charge in [0.05, 0.1) is 5.71 Å². The minimum Gasteiger partial charge on any atom is -0.454 e. The highest BCUT2D eigenvalue weighted by Gasteiger charge is 2.25. The molecule has 1 aromatic heterocycles. The van der Waals surface area contributed by atoms with E-state index in [0.29, 0.717) is 55.1 Å². The Morgan fingerprint density at radius 1 is 1.15 bits per heavy atom. The van der Waals surface area contributed by atoms with Gasteiger partial charge in [0.2, 0.25) is 0 Å². The topological polar surface area (TPSA) is 139 Å². The van der Waals surface area contributed by atoms with Gasteiger partial charge in [0.1, 0.15) is 17.4 Å². The van der Waals surface area contributed by atoms with E-state index in [2.05, 4.69) is 20.7 Å². The summed E-state index contributed by atoms with van der Waals surface area (Å²) in [6.45, 7) is 1.36. The molecule has 2 heterocycles. The first kappa shape index (κ1) is 23.6. The monoisotopic (exact) mass is 461 g/mol. The molecule has 1 aromatic carbocycles. The molecule has 0 bridgehead atoms. The number of benzene rings is 1. The lowest BCUT2D eigenvalue weighted by atomic mass is 9.93. The van der Waals surface area contributed by atoms with Crippen molar-refractivity contribution >= 4 is 23.1 Å². The van der Waals surface area contributed by atoms with E-state index in [0.717, 1.165) is 36.9 Å². The molecule has 1 aliphatic carbocycles. The summed E-state index contributed by atoms with van der Waals surface area (Å²) in [5.41, 5.74) is 9.33. The predicted octanol–water partition coefficient (Wildman–Crippen LogP) is 5.18. The van der Waals surface area contributed by atoms with Crippen LogP contribution in [-0.2, 0) is 11.2 Å². The number of hydrogen-bond acceptors (Lipinski definition) is 8. The molecule has 9 heteroatoms. The molecule has 2 fully saturated rings. The van der Waals surface area contributed by atoms with Crippen molar-refractivity contribution in [2.24, 2.45) is 11.0 Å². The molecule has 0 atom stereocenters. The van der Waals surface area contributed by atoms with Crippen LogP contribution in [0.1, 0.15) is 37.7 Å². The molecule has 0 unspecified atom stereocenters. The van der Waals surface area contributed by atoms with Crippen LogP contribution in [0.25, 0.3) is 0 Å². The molecule has 178 valence electrons. The number of rotatable bonds is 11. The smallest absolute Gasteiger partial charge is 0.164 e. The molecular formula is C25H31N7O2. The number of aryl methyl sites for hydroxylation is 1. The van der Waals surface area contributed by atoms with Crippen LogP contribution >= 0.6 is 0 Å². The summed E-state index contributed by atoms with van der Waals surface area (Å²) in [6, 6.07) is 12.0. The third kappa shape index (κ3) is 6.95. The van der Waals surface area contributed by atoms with Gasteiger partial charge in [0.15, 0.2) is 5.76 Å². The molecule has 2 aromatic rings. The highest BCUT2D eigenvalue weighted by molar-refractivity contribution is 5.98. The van der Waals surface area contributed by atoms with E-state index in [1.54, 1.807) is 12.3 Å². The zero-order chi connectivity index (χ0) is 23.8. The molecule has 4 rings (SSSR count). The van der Waals surface area contributed by atoms with Gasteiger partial charge in [-0.3, -0.25) is 5.41 Å². The van der Waals surface area contributed by atoms with Gasteiger partial charge < -0.3 is 25.5 Å². The molecule has 0 radical (unpaired) electrons. The van der Waals surface area contributed by atoms with Crippen LogP contribution in [0.2, 0.25) is 0 Å². The molecule has 34 heavy (non-hydrogen) atoms. The van der Waals surface area contributed by atoms with E-state index in [4.69, 9.17) is 25.8 Å². The second kappa shape index (κ2) is 11.5. The Hall–Kier alpha value is -3.59. The van der Waals surface area contributed by atoms with E-state index < -0.39 is 0 Å². The highest BCUT2D eigenvalue weighted by Crippen LogP contribution is 2.26. The summed E-state index contributed by atoms with van der Waals surface area (Å²) in [4.78, 5) is 4.41. The molecule has 1 saturated carbocycles. The van der Waals surface area contributed by atoms with Crippen molar-refractivity contribution < 1.29 is 9.47 Å². The van der Waals surface area contributed by atoms with Crippen molar-refractivity contribution in [1.29, 1.82) is 16.3 Å². The van der Waals surface area contributed by atoms with Crippen LogP contribution < -0.4 is 15.4 Å². The van der Waals surface area contributed by atoms with E-state index in [1.807, 2.05) is 36.5 Å². The van der Waals surface area contributed by atoms with Gasteiger partial charge in [0.25, 0.3) is 0 Å². The lowest BCUT2D eigenvalue weighted by molar-refractivity contribution is 0.0822. The number of pyridine rings is 1. The van der Waals surface area contributed by atoms with Crippen molar-refractivity contribution in [2.75, 3.05) is 18.5 Å². The first-order chi connectivity index (χ1) is 16.6. The first-order valence-electron chi connectivity index (χ1n) is 11.7. The van der Waals surface area contributed by atoms with Crippen LogP contribution in [0.5, 0.6) is 5.75 Å². The van der Waals surface area contributed by atoms with E-state index >= 15 is 0 Å². The van der Waals surface area contributed by atoms with Crippen molar-refractivity contribution in [3.8, 4) is 5.75 Å². The number of hydrogen-bond donors (Lipinski definition) is 5. The number of anilines is 2. The quantitative estimate of drug-likeness (QED) is 0.136. The molecule has 1 aliphatic heterocycles. The first-order valence-corrected chi connectivity index (χ1v) is 11.7.